The smallest absolute Gasteiger partial charge is 0.258 e. The van der Waals surface area contributed by atoms with Crippen LogP contribution >= 0.6 is 11.8 Å². The zero-order valence-corrected chi connectivity index (χ0v) is 19.0. The summed E-state index contributed by atoms with van der Waals surface area (Å²) in [7, 11) is 0. The van der Waals surface area contributed by atoms with E-state index in [-0.39, 0.29) is 24.5 Å². The quantitative estimate of drug-likeness (QED) is 0.402. The Morgan fingerprint density at radius 2 is 2.00 bits per heavy atom. The van der Waals surface area contributed by atoms with Crippen molar-refractivity contribution >= 4 is 29.8 Å². The van der Waals surface area contributed by atoms with Gasteiger partial charge in [0.1, 0.15) is 5.75 Å². The zero-order valence-electron chi connectivity index (χ0n) is 18.2. The van der Waals surface area contributed by atoms with E-state index in [9.17, 15) is 9.59 Å². The molecule has 2 aromatic carbocycles. The first-order chi connectivity index (χ1) is 15.6. The minimum absolute atomic E-state index is 0.0453. The summed E-state index contributed by atoms with van der Waals surface area (Å²) in [4.78, 5) is 23.8. The number of hydrazone groups is 1. The summed E-state index contributed by atoms with van der Waals surface area (Å²) in [6, 6.07) is 15.3. The number of thioether (sulfide) groups is 1. The van der Waals surface area contributed by atoms with E-state index in [1.165, 1.54) is 11.1 Å². The fourth-order valence-electron chi connectivity index (χ4n) is 3.12. The highest BCUT2D eigenvalue weighted by Gasteiger charge is 2.16. The first-order valence-corrected chi connectivity index (χ1v) is 11.8. The summed E-state index contributed by atoms with van der Waals surface area (Å²) in [5, 5.41) is 6.82. The summed E-state index contributed by atoms with van der Waals surface area (Å²) >= 11 is 1.55. The van der Waals surface area contributed by atoms with Crippen molar-refractivity contribution in [2.24, 2.45) is 5.10 Å². The lowest BCUT2D eigenvalue weighted by Gasteiger charge is -2.11. The molecule has 170 valence electrons. The van der Waals surface area contributed by atoms with Gasteiger partial charge in [0, 0.05) is 18.9 Å². The molecule has 0 bridgehead atoms. The third-order valence-corrected chi connectivity index (χ3v) is 5.94. The molecule has 1 fully saturated rings. The molecule has 2 amide bonds. The molecule has 3 rings (SSSR count). The number of hydrogen-bond acceptors (Lipinski definition) is 6. The minimum Gasteiger partial charge on any atom is -0.484 e. The molecule has 0 aliphatic carbocycles. The lowest BCUT2D eigenvalue weighted by atomic mass is 10.1. The molecule has 0 saturated carbocycles. The van der Waals surface area contributed by atoms with Gasteiger partial charge < -0.3 is 14.8 Å². The Morgan fingerprint density at radius 3 is 2.75 bits per heavy atom. The highest BCUT2D eigenvalue weighted by Crippen LogP contribution is 2.15. The first-order valence-electron chi connectivity index (χ1n) is 10.7. The van der Waals surface area contributed by atoms with Gasteiger partial charge >= 0.3 is 0 Å². The van der Waals surface area contributed by atoms with Gasteiger partial charge in [-0.2, -0.15) is 5.10 Å². The molecule has 1 heterocycles. The Hall–Kier alpha value is -2.84. The molecule has 0 aromatic heterocycles. The molecule has 1 unspecified atom stereocenters. The number of rotatable bonds is 11. The standard InChI is InChI=1S/C24H29N3O4S/c1-18-5-2-3-6-20(18)16-32-17-24(29)27-26-13-19-8-10-21(11-9-19)31-15-23(28)25-14-22-7-4-12-30-22/h2-3,5-6,8-11,13,22H,4,7,12,14-17H2,1H3,(H,25,28)(H,27,29). The van der Waals surface area contributed by atoms with Crippen LogP contribution in [0.4, 0.5) is 0 Å². The fourth-order valence-corrected chi connectivity index (χ4v) is 4.02. The molecule has 7 nitrogen and oxygen atoms in total. The maximum atomic E-state index is 11.9. The Labute approximate surface area is 193 Å². The van der Waals surface area contributed by atoms with Gasteiger partial charge in [0.25, 0.3) is 5.91 Å². The number of ether oxygens (including phenoxy) is 2. The highest BCUT2D eigenvalue weighted by molar-refractivity contribution is 7.99. The molecule has 1 saturated heterocycles. The molecular weight excluding hydrogens is 426 g/mol. The second kappa shape index (κ2) is 12.9. The normalized spacial score (nSPS) is 15.6. The van der Waals surface area contributed by atoms with Crippen molar-refractivity contribution in [2.45, 2.75) is 31.6 Å². The van der Waals surface area contributed by atoms with E-state index in [4.69, 9.17) is 9.47 Å². The van der Waals surface area contributed by atoms with E-state index in [1.807, 2.05) is 24.3 Å². The van der Waals surface area contributed by atoms with E-state index in [1.54, 1.807) is 30.1 Å². The van der Waals surface area contributed by atoms with Crippen molar-refractivity contribution in [1.82, 2.24) is 10.7 Å². The van der Waals surface area contributed by atoms with Crippen LogP contribution in [0, 0.1) is 6.92 Å². The van der Waals surface area contributed by atoms with Crippen molar-refractivity contribution in [3.63, 3.8) is 0 Å². The number of nitrogens with zero attached hydrogens (tertiary/aromatic N) is 1. The number of benzene rings is 2. The third-order valence-electron chi connectivity index (χ3n) is 4.96. The van der Waals surface area contributed by atoms with Gasteiger partial charge in [-0.25, -0.2) is 5.43 Å². The molecule has 1 aliphatic rings. The number of aryl methyl sites for hydroxylation is 1. The number of carbonyl (C=O) groups excluding carboxylic acids is 2. The van der Waals surface area contributed by atoms with Gasteiger partial charge in [0.15, 0.2) is 6.61 Å². The average molecular weight is 456 g/mol. The lowest BCUT2D eigenvalue weighted by molar-refractivity contribution is -0.123. The maximum Gasteiger partial charge on any atom is 0.258 e. The molecule has 1 atom stereocenters. The second-order valence-corrected chi connectivity index (χ2v) is 8.49. The summed E-state index contributed by atoms with van der Waals surface area (Å²) in [5.41, 5.74) is 5.81. The Bertz CT molecular complexity index is 912. The lowest BCUT2D eigenvalue weighted by Crippen LogP contribution is -2.35. The van der Waals surface area contributed by atoms with Crippen LogP contribution in [0.25, 0.3) is 0 Å². The van der Waals surface area contributed by atoms with Crippen molar-refractivity contribution in [1.29, 1.82) is 0 Å². The third kappa shape index (κ3) is 8.36. The van der Waals surface area contributed by atoms with Crippen LogP contribution in [0.1, 0.15) is 29.5 Å². The predicted molar refractivity (Wildman–Crippen MR) is 127 cm³/mol. The van der Waals surface area contributed by atoms with Gasteiger partial charge in [0.05, 0.1) is 18.1 Å². The molecule has 1 aliphatic heterocycles. The molecule has 0 spiro atoms. The summed E-state index contributed by atoms with van der Waals surface area (Å²) < 4.78 is 11.0. The Balaban J connectivity index is 1.31. The molecule has 0 radical (unpaired) electrons. The van der Waals surface area contributed by atoms with E-state index >= 15 is 0 Å². The number of nitrogens with one attached hydrogen (secondary N) is 2. The largest absolute Gasteiger partial charge is 0.484 e. The van der Waals surface area contributed by atoms with E-state index in [0.29, 0.717) is 18.0 Å². The van der Waals surface area contributed by atoms with Crippen LogP contribution in [0.5, 0.6) is 5.75 Å². The number of amides is 2. The van der Waals surface area contributed by atoms with Crippen molar-refractivity contribution in [2.75, 3.05) is 25.5 Å². The maximum absolute atomic E-state index is 11.9. The van der Waals surface area contributed by atoms with Gasteiger partial charge in [-0.05, 0) is 60.7 Å². The summed E-state index contributed by atoms with van der Waals surface area (Å²) in [6.45, 7) is 3.31. The van der Waals surface area contributed by atoms with Crippen LogP contribution in [0.15, 0.2) is 53.6 Å². The Kier molecular flexibility index (Phi) is 9.59. The van der Waals surface area contributed by atoms with E-state index in [0.717, 1.165) is 30.8 Å². The SMILES string of the molecule is Cc1ccccc1CSCC(=O)NN=Cc1ccc(OCC(=O)NCC2CCCO2)cc1. The van der Waals surface area contributed by atoms with Crippen molar-refractivity contribution < 1.29 is 19.1 Å². The van der Waals surface area contributed by atoms with Crippen molar-refractivity contribution in [3.05, 3.63) is 65.2 Å². The average Bonchev–Trinajstić information content (AvgIpc) is 3.32. The summed E-state index contributed by atoms with van der Waals surface area (Å²) in [6.07, 6.45) is 3.71. The molecule has 2 aromatic rings. The van der Waals surface area contributed by atoms with Crippen LogP contribution in [-0.4, -0.2) is 49.6 Å². The molecular formula is C24H29N3O4S. The number of hydrogen-bond donors (Lipinski definition) is 2. The topological polar surface area (TPSA) is 89.0 Å². The Morgan fingerprint density at radius 1 is 1.19 bits per heavy atom. The fraction of sp³-hybridized carbons (Fsp3) is 0.375. The van der Waals surface area contributed by atoms with E-state index in [2.05, 4.69) is 34.9 Å². The monoisotopic (exact) mass is 455 g/mol. The zero-order chi connectivity index (χ0) is 22.6. The van der Waals surface area contributed by atoms with Gasteiger partial charge in [-0.3, -0.25) is 9.59 Å². The molecule has 2 N–H and O–H groups in total. The van der Waals surface area contributed by atoms with Gasteiger partial charge in [-0.1, -0.05) is 24.3 Å². The first kappa shape index (κ1) is 23.8. The number of carbonyl (C=O) groups is 2. The summed E-state index contributed by atoms with van der Waals surface area (Å²) in [5.74, 6) is 1.40. The van der Waals surface area contributed by atoms with Crippen LogP contribution in [0.2, 0.25) is 0 Å². The van der Waals surface area contributed by atoms with Crippen LogP contribution in [-0.2, 0) is 20.1 Å². The second-order valence-electron chi connectivity index (χ2n) is 7.51. The van der Waals surface area contributed by atoms with Crippen molar-refractivity contribution in [3.8, 4) is 5.75 Å². The molecule has 8 heteroatoms. The molecule has 32 heavy (non-hydrogen) atoms. The van der Waals surface area contributed by atoms with Crippen LogP contribution in [0.3, 0.4) is 0 Å². The minimum atomic E-state index is -0.172. The van der Waals surface area contributed by atoms with E-state index < -0.39 is 0 Å². The predicted octanol–water partition coefficient (Wildman–Crippen LogP) is 3.05. The van der Waals surface area contributed by atoms with Gasteiger partial charge in [-0.15, -0.1) is 11.8 Å². The van der Waals surface area contributed by atoms with Crippen LogP contribution < -0.4 is 15.5 Å². The highest BCUT2D eigenvalue weighted by atomic mass is 32.2. The van der Waals surface area contributed by atoms with Gasteiger partial charge in [0.2, 0.25) is 5.91 Å².